The van der Waals surface area contributed by atoms with Crippen molar-refractivity contribution in [3.05, 3.63) is 35.4 Å². The van der Waals surface area contributed by atoms with E-state index >= 15 is 0 Å². The summed E-state index contributed by atoms with van der Waals surface area (Å²) in [6.45, 7) is 3.99. The lowest BCUT2D eigenvalue weighted by Crippen LogP contribution is -2.22. The van der Waals surface area contributed by atoms with Crippen LogP contribution in [0.2, 0.25) is 0 Å². The van der Waals surface area contributed by atoms with Gasteiger partial charge in [-0.25, -0.2) is 0 Å². The van der Waals surface area contributed by atoms with Crippen molar-refractivity contribution in [3.8, 4) is 11.8 Å². The minimum absolute atomic E-state index is 0.235. The summed E-state index contributed by atoms with van der Waals surface area (Å²) in [5.41, 5.74) is 7.58. The van der Waals surface area contributed by atoms with Gasteiger partial charge in [0.05, 0.1) is 12.6 Å². The quantitative estimate of drug-likeness (QED) is 0.768. The molecule has 1 atom stereocenters. The lowest BCUT2D eigenvalue weighted by molar-refractivity contribution is 0.163. The van der Waals surface area contributed by atoms with Crippen LogP contribution in [0.3, 0.4) is 0 Å². The van der Waals surface area contributed by atoms with Crippen molar-refractivity contribution in [2.24, 2.45) is 5.73 Å². The molecule has 3 N–H and O–H groups in total. The molecule has 0 aliphatic carbocycles. The molecule has 0 radical (unpaired) electrons. The molecule has 0 saturated heterocycles. The fraction of sp³-hybridized carbons (Fsp3) is 0.467. The third-order valence-electron chi connectivity index (χ3n) is 2.67. The molecule has 0 fully saturated rings. The summed E-state index contributed by atoms with van der Waals surface area (Å²) in [5, 5.41) is 9.23. The molecule has 0 spiro atoms. The highest BCUT2D eigenvalue weighted by Gasteiger charge is 2.02. The Labute approximate surface area is 110 Å². The predicted octanol–water partition coefficient (Wildman–Crippen LogP) is 1.20. The molecule has 0 aliphatic rings. The Balaban J connectivity index is 2.47. The Bertz CT molecular complexity index is 401. The summed E-state index contributed by atoms with van der Waals surface area (Å²) in [6.07, 6.45) is 0.567. The minimum atomic E-state index is -0.235. The minimum Gasteiger partial charge on any atom is -0.393 e. The molecule has 0 saturated carbocycles. The number of nitrogens with zero attached hydrogens (tertiary/aromatic N) is 1. The number of rotatable bonds is 5. The molecule has 18 heavy (non-hydrogen) atoms. The van der Waals surface area contributed by atoms with Crippen molar-refractivity contribution in [1.29, 1.82) is 0 Å². The monoisotopic (exact) mass is 246 g/mol. The maximum atomic E-state index is 9.23. The summed E-state index contributed by atoms with van der Waals surface area (Å²) in [5.74, 6) is 5.84. The van der Waals surface area contributed by atoms with Crippen LogP contribution in [0.1, 0.15) is 24.5 Å². The van der Waals surface area contributed by atoms with Crippen molar-refractivity contribution < 1.29 is 5.11 Å². The van der Waals surface area contributed by atoms with E-state index in [4.69, 9.17) is 5.73 Å². The molecule has 3 nitrogen and oxygen atoms in total. The van der Waals surface area contributed by atoms with Crippen molar-refractivity contribution in [3.63, 3.8) is 0 Å². The van der Waals surface area contributed by atoms with E-state index < -0.39 is 0 Å². The number of hydrogen-bond donors (Lipinski definition) is 2. The Kier molecular flexibility index (Phi) is 6.45. The normalized spacial score (nSPS) is 12.1. The second-order valence-corrected chi connectivity index (χ2v) is 4.58. The van der Waals surface area contributed by atoms with Gasteiger partial charge in [0.1, 0.15) is 0 Å². The van der Waals surface area contributed by atoms with Gasteiger partial charge in [0.2, 0.25) is 0 Å². The zero-order chi connectivity index (χ0) is 13.4. The van der Waals surface area contributed by atoms with Crippen LogP contribution in [0.15, 0.2) is 24.3 Å². The van der Waals surface area contributed by atoms with Crippen LogP contribution in [0.4, 0.5) is 0 Å². The molecular formula is C15H22N2O. The Morgan fingerprint density at radius 2 is 2.00 bits per heavy atom. The number of benzene rings is 1. The second kappa shape index (κ2) is 7.88. The average Bonchev–Trinajstić information content (AvgIpc) is 2.35. The first-order valence-electron chi connectivity index (χ1n) is 6.26. The van der Waals surface area contributed by atoms with Crippen LogP contribution in [0, 0.1) is 11.8 Å². The van der Waals surface area contributed by atoms with E-state index in [0.29, 0.717) is 6.54 Å². The van der Waals surface area contributed by atoms with E-state index in [1.807, 2.05) is 19.1 Å². The van der Waals surface area contributed by atoms with Gasteiger partial charge < -0.3 is 15.7 Å². The maximum Gasteiger partial charge on any atom is 0.0555 e. The Morgan fingerprint density at radius 1 is 1.33 bits per heavy atom. The molecule has 0 heterocycles. The van der Waals surface area contributed by atoms with E-state index in [1.54, 1.807) is 0 Å². The van der Waals surface area contributed by atoms with Gasteiger partial charge in [-0.05, 0) is 38.1 Å². The smallest absolute Gasteiger partial charge is 0.0555 e. The lowest BCUT2D eigenvalue weighted by atomic mass is 10.1. The molecule has 0 amide bonds. The van der Waals surface area contributed by atoms with E-state index in [0.717, 1.165) is 25.1 Å². The molecular weight excluding hydrogens is 224 g/mol. The van der Waals surface area contributed by atoms with Crippen LogP contribution in [0.5, 0.6) is 0 Å². The predicted molar refractivity (Wildman–Crippen MR) is 75.0 cm³/mol. The van der Waals surface area contributed by atoms with Crippen LogP contribution in [-0.2, 0) is 6.54 Å². The zero-order valence-corrected chi connectivity index (χ0v) is 11.2. The fourth-order valence-electron chi connectivity index (χ4n) is 1.64. The number of nitrogens with two attached hydrogens (primary N) is 1. The molecule has 0 aliphatic heterocycles. The van der Waals surface area contributed by atoms with Crippen molar-refractivity contribution in [2.45, 2.75) is 26.0 Å². The van der Waals surface area contributed by atoms with Gasteiger partial charge in [0.25, 0.3) is 0 Å². The molecule has 0 aromatic heterocycles. The Hall–Kier alpha value is -1.34. The number of aliphatic hydroxyl groups excluding tert-OH is 1. The van der Waals surface area contributed by atoms with E-state index in [1.165, 1.54) is 5.56 Å². The summed E-state index contributed by atoms with van der Waals surface area (Å²) in [7, 11) is 2.06. The van der Waals surface area contributed by atoms with Gasteiger partial charge >= 0.3 is 0 Å². The van der Waals surface area contributed by atoms with Gasteiger partial charge in [0, 0.05) is 18.7 Å². The highest BCUT2D eigenvalue weighted by molar-refractivity contribution is 5.36. The molecule has 3 heteroatoms. The summed E-state index contributed by atoms with van der Waals surface area (Å²) < 4.78 is 0. The van der Waals surface area contributed by atoms with Crippen LogP contribution in [0.25, 0.3) is 0 Å². The van der Waals surface area contributed by atoms with Gasteiger partial charge in [0.15, 0.2) is 0 Å². The highest BCUT2D eigenvalue weighted by Crippen LogP contribution is 2.06. The third kappa shape index (κ3) is 5.83. The summed E-state index contributed by atoms with van der Waals surface area (Å²) >= 11 is 0. The first kappa shape index (κ1) is 14.7. The highest BCUT2D eigenvalue weighted by atomic mass is 16.3. The van der Waals surface area contributed by atoms with Gasteiger partial charge in [-0.2, -0.15) is 0 Å². The summed E-state index contributed by atoms with van der Waals surface area (Å²) in [6, 6.07) is 8.19. The molecule has 1 aromatic rings. The van der Waals surface area contributed by atoms with E-state index in [2.05, 4.69) is 35.9 Å². The van der Waals surface area contributed by atoms with Crippen molar-refractivity contribution in [1.82, 2.24) is 4.90 Å². The lowest BCUT2D eigenvalue weighted by Gasteiger charge is -2.17. The second-order valence-electron chi connectivity index (χ2n) is 4.58. The van der Waals surface area contributed by atoms with Crippen molar-refractivity contribution >= 4 is 0 Å². The van der Waals surface area contributed by atoms with E-state index in [9.17, 15) is 5.11 Å². The Morgan fingerprint density at radius 3 is 2.56 bits per heavy atom. The topological polar surface area (TPSA) is 49.5 Å². The van der Waals surface area contributed by atoms with Gasteiger partial charge in [-0.1, -0.05) is 24.0 Å². The van der Waals surface area contributed by atoms with Crippen molar-refractivity contribution in [2.75, 3.05) is 20.1 Å². The van der Waals surface area contributed by atoms with Gasteiger partial charge in [-0.3, -0.25) is 0 Å². The average molecular weight is 246 g/mol. The van der Waals surface area contributed by atoms with Crippen LogP contribution in [-0.4, -0.2) is 36.2 Å². The van der Waals surface area contributed by atoms with Gasteiger partial charge in [-0.15, -0.1) is 0 Å². The molecule has 0 bridgehead atoms. The third-order valence-corrected chi connectivity index (χ3v) is 2.67. The SMILES string of the molecule is CC(O)CCN(C)Cc1ccc(C#CCN)cc1. The first-order valence-corrected chi connectivity index (χ1v) is 6.26. The number of aliphatic hydroxyl groups is 1. The molecule has 1 rings (SSSR count). The fourth-order valence-corrected chi connectivity index (χ4v) is 1.64. The molecule has 1 unspecified atom stereocenters. The summed E-state index contributed by atoms with van der Waals surface area (Å²) in [4.78, 5) is 2.20. The molecule has 1 aromatic carbocycles. The molecule has 98 valence electrons. The largest absolute Gasteiger partial charge is 0.393 e. The van der Waals surface area contributed by atoms with Crippen LogP contribution < -0.4 is 5.73 Å². The van der Waals surface area contributed by atoms with Crippen LogP contribution >= 0.6 is 0 Å². The zero-order valence-electron chi connectivity index (χ0n) is 11.2. The standard InChI is InChI=1S/C15H22N2O/c1-13(18)9-11-17(2)12-15-7-5-14(6-8-15)4-3-10-16/h5-8,13,18H,9-12,16H2,1-2H3. The maximum absolute atomic E-state index is 9.23. The number of hydrogen-bond acceptors (Lipinski definition) is 3. The first-order chi connectivity index (χ1) is 8.61. The van der Waals surface area contributed by atoms with E-state index in [-0.39, 0.29) is 6.10 Å².